The fraction of sp³-hybridized carbons (Fsp3) is 0.353. The van der Waals surface area contributed by atoms with Gasteiger partial charge in [0.15, 0.2) is 5.96 Å². The van der Waals surface area contributed by atoms with Crippen LogP contribution >= 0.6 is 11.3 Å². The molecule has 2 aromatic rings. The van der Waals surface area contributed by atoms with Crippen LogP contribution in [0.5, 0.6) is 0 Å². The summed E-state index contributed by atoms with van der Waals surface area (Å²) in [6.07, 6.45) is 1.07. The zero-order valence-electron chi connectivity index (χ0n) is 13.0. The summed E-state index contributed by atoms with van der Waals surface area (Å²) in [5.74, 6) is 1.08. The quantitative estimate of drug-likeness (QED) is 0.632. The van der Waals surface area contributed by atoms with Crippen molar-refractivity contribution in [3.63, 3.8) is 0 Å². The highest BCUT2D eigenvalue weighted by atomic mass is 32.1. The smallest absolute Gasteiger partial charge is 0.191 e. The van der Waals surface area contributed by atoms with Crippen molar-refractivity contribution in [3.05, 3.63) is 58.0 Å². The maximum atomic E-state index is 12.9. The fourth-order valence-electron chi connectivity index (χ4n) is 2.12. The van der Waals surface area contributed by atoms with Gasteiger partial charge in [0, 0.05) is 25.0 Å². The Morgan fingerprint density at radius 2 is 2.00 bits per heavy atom. The van der Waals surface area contributed by atoms with E-state index < -0.39 is 0 Å². The Hall–Kier alpha value is -1.88. The van der Waals surface area contributed by atoms with Gasteiger partial charge in [0.1, 0.15) is 5.82 Å². The summed E-state index contributed by atoms with van der Waals surface area (Å²) in [7, 11) is 1.75. The van der Waals surface area contributed by atoms with Crippen molar-refractivity contribution < 1.29 is 4.39 Å². The molecule has 2 N–H and O–H groups in total. The zero-order valence-corrected chi connectivity index (χ0v) is 13.8. The van der Waals surface area contributed by atoms with Crippen LogP contribution in [0.1, 0.15) is 17.4 Å². The average Bonchev–Trinajstić information content (AvgIpc) is 3.02. The van der Waals surface area contributed by atoms with E-state index in [-0.39, 0.29) is 5.82 Å². The normalized spacial score (nSPS) is 13.0. The second kappa shape index (κ2) is 8.54. The molecule has 0 saturated carbocycles. The molecule has 0 fully saturated rings. The van der Waals surface area contributed by atoms with Gasteiger partial charge in [-0.1, -0.05) is 25.1 Å². The number of guanidine groups is 1. The van der Waals surface area contributed by atoms with Crippen LogP contribution in [0, 0.1) is 11.7 Å². The number of nitrogens with one attached hydrogen (secondary N) is 2. The third-order valence-electron chi connectivity index (χ3n) is 3.34. The average molecular weight is 319 g/mol. The van der Waals surface area contributed by atoms with E-state index in [1.807, 2.05) is 0 Å². The first-order chi connectivity index (χ1) is 10.7. The van der Waals surface area contributed by atoms with E-state index in [0.29, 0.717) is 12.5 Å². The van der Waals surface area contributed by atoms with Crippen molar-refractivity contribution in [2.45, 2.75) is 19.9 Å². The van der Waals surface area contributed by atoms with Gasteiger partial charge in [-0.25, -0.2) is 4.39 Å². The van der Waals surface area contributed by atoms with E-state index in [0.717, 1.165) is 24.5 Å². The van der Waals surface area contributed by atoms with E-state index in [9.17, 15) is 4.39 Å². The fourth-order valence-corrected chi connectivity index (χ4v) is 2.99. The molecule has 0 aliphatic rings. The van der Waals surface area contributed by atoms with Gasteiger partial charge in [0.25, 0.3) is 0 Å². The van der Waals surface area contributed by atoms with E-state index in [2.05, 4.69) is 40.1 Å². The third-order valence-corrected chi connectivity index (χ3v) is 4.24. The number of halogens is 1. The van der Waals surface area contributed by atoms with Crippen LogP contribution in [0.4, 0.5) is 4.39 Å². The molecule has 0 saturated heterocycles. The molecule has 0 spiro atoms. The van der Waals surface area contributed by atoms with Crippen LogP contribution in [0.25, 0.3) is 0 Å². The number of hydrogen-bond donors (Lipinski definition) is 2. The summed E-state index contributed by atoms with van der Waals surface area (Å²) >= 11 is 1.80. The van der Waals surface area contributed by atoms with Crippen molar-refractivity contribution in [3.8, 4) is 0 Å². The summed E-state index contributed by atoms with van der Waals surface area (Å²) in [6, 6.07) is 10.7. The second-order valence-corrected chi connectivity index (χ2v) is 6.35. The van der Waals surface area contributed by atoms with E-state index in [4.69, 9.17) is 0 Å². The maximum absolute atomic E-state index is 12.9. The molecule has 3 nitrogen and oxygen atoms in total. The summed E-state index contributed by atoms with van der Waals surface area (Å²) in [5, 5.41) is 8.68. The highest BCUT2D eigenvalue weighted by molar-refractivity contribution is 7.09. The molecule has 0 bridgehead atoms. The van der Waals surface area contributed by atoms with Crippen molar-refractivity contribution in [1.29, 1.82) is 0 Å². The lowest BCUT2D eigenvalue weighted by atomic mass is 10.1. The summed E-state index contributed by atoms with van der Waals surface area (Å²) < 4.78 is 12.9. The van der Waals surface area contributed by atoms with Gasteiger partial charge >= 0.3 is 0 Å². The van der Waals surface area contributed by atoms with Gasteiger partial charge in [-0.2, -0.15) is 0 Å². The van der Waals surface area contributed by atoms with Gasteiger partial charge in [-0.3, -0.25) is 4.99 Å². The molecule has 2 rings (SSSR count). The first kappa shape index (κ1) is 16.5. The lowest BCUT2D eigenvalue weighted by Gasteiger charge is -2.15. The number of thiophene rings is 1. The second-order valence-electron chi connectivity index (χ2n) is 5.32. The maximum Gasteiger partial charge on any atom is 0.191 e. The molecular weight excluding hydrogens is 297 g/mol. The largest absolute Gasteiger partial charge is 0.356 e. The SMILES string of the molecule is CN=C(NCc1ccc(F)cc1)NCC(C)Cc1cccs1. The number of rotatable bonds is 6. The summed E-state index contributed by atoms with van der Waals surface area (Å²) in [5.41, 5.74) is 1.02. The predicted molar refractivity (Wildman–Crippen MR) is 91.8 cm³/mol. The van der Waals surface area contributed by atoms with Crippen molar-refractivity contribution in [2.75, 3.05) is 13.6 Å². The molecule has 1 aromatic heterocycles. The predicted octanol–water partition coefficient (Wildman–Crippen LogP) is 3.43. The molecule has 118 valence electrons. The first-order valence-corrected chi connectivity index (χ1v) is 8.26. The summed E-state index contributed by atoms with van der Waals surface area (Å²) in [4.78, 5) is 5.62. The molecule has 22 heavy (non-hydrogen) atoms. The minimum atomic E-state index is -0.214. The Balaban J connectivity index is 1.74. The molecule has 0 aliphatic carbocycles. The molecular formula is C17H22FN3S. The van der Waals surface area contributed by atoms with Gasteiger partial charge in [0.05, 0.1) is 0 Å². The van der Waals surface area contributed by atoms with E-state index >= 15 is 0 Å². The standard InChI is InChI=1S/C17H22FN3S/c1-13(10-16-4-3-9-22-16)11-20-17(19-2)21-12-14-5-7-15(18)8-6-14/h3-9,13H,10-12H2,1-2H3,(H2,19,20,21). The highest BCUT2D eigenvalue weighted by Crippen LogP contribution is 2.13. The van der Waals surface area contributed by atoms with Crippen LogP contribution in [-0.2, 0) is 13.0 Å². The van der Waals surface area contributed by atoms with Gasteiger partial charge in [-0.15, -0.1) is 11.3 Å². The van der Waals surface area contributed by atoms with Crippen LogP contribution in [0.15, 0.2) is 46.8 Å². The van der Waals surface area contributed by atoms with E-state index in [1.54, 1.807) is 30.5 Å². The molecule has 1 aromatic carbocycles. The minimum absolute atomic E-state index is 0.214. The Labute approximate surface area is 135 Å². The van der Waals surface area contributed by atoms with Gasteiger partial charge in [0.2, 0.25) is 0 Å². The third kappa shape index (κ3) is 5.48. The van der Waals surface area contributed by atoms with Crippen LogP contribution < -0.4 is 10.6 Å². The van der Waals surface area contributed by atoms with Crippen LogP contribution in [0.3, 0.4) is 0 Å². The molecule has 1 unspecified atom stereocenters. The van der Waals surface area contributed by atoms with Crippen LogP contribution in [-0.4, -0.2) is 19.6 Å². The molecule has 1 heterocycles. The lowest BCUT2D eigenvalue weighted by Crippen LogP contribution is -2.39. The number of nitrogens with zero attached hydrogens (tertiary/aromatic N) is 1. The lowest BCUT2D eigenvalue weighted by molar-refractivity contribution is 0.562. The van der Waals surface area contributed by atoms with Crippen molar-refractivity contribution in [2.24, 2.45) is 10.9 Å². The molecule has 0 radical (unpaired) electrons. The number of aliphatic imine (C=N–C) groups is 1. The van der Waals surface area contributed by atoms with Gasteiger partial charge in [-0.05, 0) is 41.5 Å². The Morgan fingerprint density at radius 1 is 1.23 bits per heavy atom. The van der Waals surface area contributed by atoms with Crippen molar-refractivity contribution >= 4 is 17.3 Å². The summed E-state index contributed by atoms with van der Waals surface area (Å²) in [6.45, 7) is 3.71. The number of benzene rings is 1. The Morgan fingerprint density at radius 3 is 2.64 bits per heavy atom. The topological polar surface area (TPSA) is 36.4 Å². The Bertz CT molecular complexity index is 578. The Kier molecular flexibility index (Phi) is 6.40. The zero-order chi connectivity index (χ0) is 15.8. The monoisotopic (exact) mass is 319 g/mol. The molecule has 0 amide bonds. The van der Waals surface area contributed by atoms with Crippen molar-refractivity contribution in [1.82, 2.24) is 10.6 Å². The molecule has 1 atom stereocenters. The highest BCUT2D eigenvalue weighted by Gasteiger charge is 2.06. The minimum Gasteiger partial charge on any atom is -0.356 e. The number of hydrogen-bond acceptors (Lipinski definition) is 2. The van der Waals surface area contributed by atoms with Gasteiger partial charge < -0.3 is 10.6 Å². The molecule has 0 aliphatic heterocycles. The van der Waals surface area contributed by atoms with E-state index in [1.165, 1.54) is 17.0 Å². The molecule has 5 heteroatoms. The first-order valence-electron chi connectivity index (χ1n) is 7.38. The van der Waals surface area contributed by atoms with Crippen LogP contribution in [0.2, 0.25) is 0 Å².